The summed E-state index contributed by atoms with van der Waals surface area (Å²) in [5.41, 5.74) is 2.50. The second-order valence-electron chi connectivity index (χ2n) is 5.01. The van der Waals surface area contributed by atoms with Gasteiger partial charge in [-0.2, -0.15) is 0 Å². The van der Waals surface area contributed by atoms with E-state index in [0.717, 1.165) is 30.8 Å². The Kier molecular flexibility index (Phi) is 5.69. The van der Waals surface area contributed by atoms with Gasteiger partial charge in [-0.1, -0.05) is 25.1 Å². The number of ether oxygens (including phenoxy) is 1. The van der Waals surface area contributed by atoms with Gasteiger partial charge in [0.05, 0.1) is 5.69 Å². The Labute approximate surface area is 125 Å². The summed E-state index contributed by atoms with van der Waals surface area (Å²) in [7, 11) is 0. The fourth-order valence-corrected chi connectivity index (χ4v) is 1.94. The maximum absolute atomic E-state index is 13.8. The summed E-state index contributed by atoms with van der Waals surface area (Å²) in [6.07, 6.45) is 2.94. The number of aryl methyl sites for hydroxylation is 1. The largest absolute Gasteiger partial charge is 0.484 e. The minimum absolute atomic E-state index is 0.267. The van der Waals surface area contributed by atoms with Crippen molar-refractivity contribution in [3.63, 3.8) is 0 Å². The van der Waals surface area contributed by atoms with Crippen molar-refractivity contribution in [3.8, 4) is 5.75 Å². The van der Waals surface area contributed by atoms with Gasteiger partial charge in [0.2, 0.25) is 0 Å². The van der Waals surface area contributed by atoms with Crippen molar-refractivity contribution in [2.24, 2.45) is 0 Å². The molecule has 0 unspecified atom stereocenters. The fourth-order valence-electron chi connectivity index (χ4n) is 1.94. The van der Waals surface area contributed by atoms with Gasteiger partial charge in [-0.15, -0.1) is 0 Å². The molecule has 0 aliphatic rings. The Morgan fingerprint density at radius 3 is 2.81 bits per heavy atom. The van der Waals surface area contributed by atoms with Crippen LogP contribution in [-0.2, 0) is 13.2 Å². The van der Waals surface area contributed by atoms with Crippen molar-refractivity contribution in [1.82, 2.24) is 10.3 Å². The Morgan fingerprint density at radius 2 is 2.10 bits per heavy atom. The van der Waals surface area contributed by atoms with Crippen LogP contribution in [0.3, 0.4) is 0 Å². The standard InChI is InChI=1S/C17H21FN2O/c1-3-9-19-10-14-7-8-15(20-11-14)12-21-16-6-4-5-13(2)17(16)18/h4-8,11,19H,3,9-10,12H2,1-2H3. The molecular weight excluding hydrogens is 267 g/mol. The van der Waals surface area contributed by atoms with Gasteiger partial charge in [0.15, 0.2) is 11.6 Å². The SMILES string of the molecule is CCCNCc1ccc(COc2cccc(C)c2F)nc1. The highest BCUT2D eigenvalue weighted by Crippen LogP contribution is 2.20. The number of nitrogens with zero attached hydrogens (tertiary/aromatic N) is 1. The van der Waals surface area contributed by atoms with Gasteiger partial charge in [0.25, 0.3) is 0 Å². The van der Waals surface area contributed by atoms with E-state index in [-0.39, 0.29) is 18.2 Å². The monoisotopic (exact) mass is 288 g/mol. The fraction of sp³-hybridized carbons (Fsp3) is 0.353. The maximum atomic E-state index is 13.8. The van der Waals surface area contributed by atoms with E-state index in [0.29, 0.717) is 5.56 Å². The minimum atomic E-state index is -0.308. The molecule has 0 radical (unpaired) electrons. The topological polar surface area (TPSA) is 34.1 Å². The summed E-state index contributed by atoms with van der Waals surface area (Å²) in [6, 6.07) is 9.06. The van der Waals surface area contributed by atoms with Crippen molar-refractivity contribution in [2.45, 2.75) is 33.4 Å². The molecule has 0 saturated heterocycles. The second kappa shape index (κ2) is 7.74. The first kappa shape index (κ1) is 15.4. The summed E-state index contributed by atoms with van der Waals surface area (Å²) >= 11 is 0. The number of rotatable bonds is 7. The predicted octanol–water partition coefficient (Wildman–Crippen LogP) is 3.61. The van der Waals surface area contributed by atoms with Crippen LogP contribution in [0.25, 0.3) is 0 Å². The van der Waals surface area contributed by atoms with Crippen LogP contribution in [-0.4, -0.2) is 11.5 Å². The molecule has 4 heteroatoms. The number of hydrogen-bond acceptors (Lipinski definition) is 3. The average molecular weight is 288 g/mol. The Bertz CT molecular complexity index is 570. The second-order valence-corrected chi connectivity index (χ2v) is 5.01. The zero-order chi connectivity index (χ0) is 15.1. The summed E-state index contributed by atoms with van der Waals surface area (Å²) in [5, 5.41) is 3.32. The van der Waals surface area contributed by atoms with E-state index < -0.39 is 0 Å². The lowest BCUT2D eigenvalue weighted by Gasteiger charge is -2.09. The molecule has 0 aliphatic carbocycles. The molecule has 0 aliphatic heterocycles. The van der Waals surface area contributed by atoms with E-state index in [2.05, 4.69) is 17.2 Å². The zero-order valence-electron chi connectivity index (χ0n) is 12.5. The molecule has 0 amide bonds. The van der Waals surface area contributed by atoms with Crippen molar-refractivity contribution in [1.29, 1.82) is 0 Å². The van der Waals surface area contributed by atoms with Crippen molar-refractivity contribution >= 4 is 0 Å². The molecule has 1 aromatic heterocycles. The molecule has 2 aromatic rings. The highest BCUT2D eigenvalue weighted by atomic mass is 19.1. The Hall–Kier alpha value is -1.94. The summed E-state index contributed by atoms with van der Waals surface area (Å²) in [6.45, 7) is 5.93. The van der Waals surface area contributed by atoms with Crippen LogP contribution in [0.1, 0.15) is 30.2 Å². The first-order chi connectivity index (χ1) is 10.2. The molecule has 0 bridgehead atoms. The number of pyridine rings is 1. The number of benzene rings is 1. The van der Waals surface area contributed by atoms with Gasteiger partial charge >= 0.3 is 0 Å². The predicted molar refractivity (Wildman–Crippen MR) is 81.7 cm³/mol. The lowest BCUT2D eigenvalue weighted by molar-refractivity contribution is 0.285. The third-order valence-electron chi connectivity index (χ3n) is 3.17. The van der Waals surface area contributed by atoms with Gasteiger partial charge in [0.1, 0.15) is 6.61 Å². The molecule has 21 heavy (non-hydrogen) atoms. The lowest BCUT2D eigenvalue weighted by atomic mass is 10.2. The number of halogens is 1. The van der Waals surface area contributed by atoms with Gasteiger partial charge < -0.3 is 10.1 Å². The molecule has 2 rings (SSSR count). The zero-order valence-corrected chi connectivity index (χ0v) is 12.5. The van der Waals surface area contributed by atoms with E-state index in [9.17, 15) is 4.39 Å². The van der Waals surface area contributed by atoms with E-state index in [1.54, 1.807) is 25.1 Å². The third kappa shape index (κ3) is 4.53. The van der Waals surface area contributed by atoms with E-state index >= 15 is 0 Å². The molecule has 0 spiro atoms. The lowest BCUT2D eigenvalue weighted by Crippen LogP contribution is -2.14. The van der Waals surface area contributed by atoms with Crippen molar-refractivity contribution < 1.29 is 9.13 Å². The van der Waals surface area contributed by atoms with Crippen LogP contribution in [0.5, 0.6) is 5.75 Å². The Balaban J connectivity index is 1.90. The normalized spacial score (nSPS) is 10.6. The average Bonchev–Trinajstić information content (AvgIpc) is 2.50. The minimum Gasteiger partial charge on any atom is -0.484 e. The maximum Gasteiger partial charge on any atom is 0.167 e. The number of aromatic nitrogens is 1. The highest BCUT2D eigenvalue weighted by molar-refractivity contribution is 5.30. The van der Waals surface area contributed by atoms with Crippen LogP contribution in [0.4, 0.5) is 4.39 Å². The molecule has 1 aromatic carbocycles. The van der Waals surface area contributed by atoms with E-state index in [1.165, 1.54) is 0 Å². The third-order valence-corrected chi connectivity index (χ3v) is 3.17. The Morgan fingerprint density at radius 1 is 1.24 bits per heavy atom. The molecular formula is C17H21FN2O. The van der Waals surface area contributed by atoms with Crippen molar-refractivity contribution in [2.75, 3.05) is 6.54 Å². The van der Waals surface area contributed by atoms with Gasteiger partial charge in [-0.05, 0) is 43.1 Å². The summed E-state index contributed by atoms with van der Waals surface area (Å²) in [4.78, 5) is 4.34. The molecule has 0 saturated carbocycles. The van der Waals surface area contributed by atoms with Crippen LogP contribution in [0.2, 0.25) is 0 Å². The van der Waals surface area contributed by atoms with Crippen LogP contribution in [0.15, 0.2) is 36.5 Å². The van der Waals surface area contributed by atoms with Crippen LogP contribution >= 0.6 is 0 Å². The quantitative estimate of drug-likeness (QED) is 0.790. The number of nitrogens with one attached hydrogen (secondary N) is 1. The van der Waals surface area contributed by atoms with E-state index in [4.69, 9.17) is 4.74 Å². The van der Waals surface area contributed by atoms with Crippen LogP contribution in [0, 0.1) is 12.7 Å². The molecule has 1 heterocycles. The van der Waals surface area contributed by atoms with E-state index in [1.807, 2.05) is 18.3 Å². The van der Waals surface area contributed by atoms with Crippen LogP contribution < -0.4 is 10.1 Å². The van der Waals surface area contributed by atoms with Crippen molar-refractivity contribution in [3.05, 3.63) is 59.2 Å². The number of hydrogen-bond donors (Lipinski definition) is 1. The first-order valence-electron chi connectivity index (χ1n) is 7.23. The van der Waals surface area contributed by atoms with Gasteiger partial charge in [-0.25, -0.2) is 4.39 Å². The molecule has 0 atom stereocenters. The van der Waals surface area contributed by atoms with Gasteiger partial charge in [0, 0.05) is 12.7 Å². The molecule has 0 fully saturated rings. The molecule has 112 valence electrons. The van der Waals surface area contributed by atoms with Gasteiger partial charge in [-0.3, -0.25) is 4.98 Å². The molecule has 1 N–H and O–H groups in total. The molecule has 3 nitrogen and oxygen atoms in total. The highest BCUT2D eigenvalue weighted by Gasteiger charge is 2.06. The first-order valence-corrected chi connectivity index (χ1v) is 7.23. The summed E-state index contributed by atoms with van der Waals surface area (Å²) < 4.78 is 19.3. The summed E-state index contributed by atoms with van der Waals surface area (Å²) in [5.74, 6) is -0.0385. The smallest absolute Gasteiger partial charge is 0.167 e.